The zero-order valence-electron chi connectivity index (χ0n) is 15.9. The summed E-state index contributed by atoms with van der Waals surface area (Å²) in [5, 5.41) is 2.46. The molecule has 148 valence electrons. The van der Waals surface area contributed by atoms with E-state index in [9.17, 15) is 14.4 Å². The fourth-order valence-electron chi connectivity index (χ4n) is 2.89. The molecule has 1 aromatic rings. The number of ether oxygens (including phenoxy) is 3. The predicted molar refractivity (Wildman–Crippen MR) is 97.8 cm³/mol. The number of nitrogens with one attached hydrogen (secondary N) is 1. The number of methoxy groups -OCH3 is 2. The molecule has 2 rings (SSSR count). The van der Waals surface area contributed by atoms with Gasteiger partial charge in [0.15, 0.2) is 6.61 Å². The van der Waals surface area contributed by atoms with Crippen LogP contribution in [0, 0.1) is 5.92 Å². The van der Waals surface area contributed by atoms with Crippen LogP contribution in [0.1, 0.15) is 30.1 Å². The highest BCUT2D eigenvalue weighted by molar-refractivity contribution is 5.96. The molecule has 1 aromatic carbocycles. The van der Waals surface area contributed by atoms with Crippen LogP contribution in [0.3, 0.4) is 0 Å². The summed E-state index contributed by atoms with van der Waals surface area (Å²) >= 11 is 0. The first-order chi connectivity index (χ1) is 12.9. The standard InChI is InChI=1S/C19H26N2O6/c1-13-5-4-6-21(11-13)17(22)12-27-18(23)10-20-19(24)14-7-15(25-2)9-16(8-14)26-3/h7-9,13H,4-6,10-12H2,1-3H3,(H,20,24)/t13-/m1/s1. The average Bonchev–Trinajstić information content (AvgIpc) is 2.69. The fraction of sp³-hybridized carbons (Fsp3) is 0.526. The van der Waals surface area contributed by atoms with Gasteiger partial charge in [-0.3, -0.25) is 14.4 Å². The van der Waals surface area contributed by atoms with Crippen molar-refractivity contribution in [3.8, 4) is 11.5 Å². The molecule has 27 heavy (non-hydrogen) atoms. The summed E-state index contributed by atoms with van der Waals surface area (Å²) in [4.78, 5) is 37.8. The van der Waals surface area contributed by atoms with E-state index in [0.717, 1.165) is 12.8 Å². The maximum absolute atomic E-state index is 12.2. The highest BCUT2D eigenvalue weighted by Gasteiger charge is 2.22. The molecule has 0 aromatic heterocycles. The molecule has 1 saturated heterocycles. The van der Waals surface area contributed by atoms with Crippen molar-refractivity contribution < 1.29 is 28.6 Å². The molecule has 1 heterocycles. The van der Waals surface area contributed by atoms with Gasteiger partial charge in [-0.05, 0) is 30.9 Å². The third-order valence-electron chi connectivity index (χ3n) is 4.37. The molecule has 2 amide bonds. The summed E-state index contributed by atoms with van der Waals surface area (Å²) in [6.07, 6.45) is 2.06. The SMILES string of the molecule is COc1cc(OC)cc(C(=O)NCC(=O)OCC(=O)N2CCC[C@@H](C)C2)c1. The van der Waals surface area contributed by atoms with Crippen LogP contribution in [0.25, 0.3) is 0 Å². The van der Waals surface area contributed by atoms with Crippen LogP contribution in [0.15, 0.2) is 18.2 Å². The summed E-state index contributed by atoms with van der Waals surface area (Å²) in [6.45, 7) is 2.82. The van der Waals surface area contributed by atoms with Gasteiger partial charge in [0.05, 0.1) is 14.2 Å². The van der Waals surface area contributed by atoms with Crippen LogP contribution >= 0.6 is 0 Å². The molecule has 1 atom stereocenters. The third-order valence-corrected chi connectivity index (χ3v) is 4.37. The Morgan fingerprint density at radius 1 is 1.15 bits per heavy atom. The van der Waals surface area contributed by atoms with Crippen LogP contribution in [0.2, 0.25) is 0 Å². The van der Waals surface area contributed by atoms with E-state index in [1.807, 2.05) is 0 Å². The minimum atomic E-state index is -0.670. The van der Waals surface area contributed by atoms with Crippen LogP contribution < -0.4 is 14.8 Å². The predicted octanol–water partition coefficient (Wildman–Crippen LogP) is 1.24. The number of hydrogen-bond acceptors (Lipinski definition) is 6. The second kappa shape index (κ2) is 9.80. The number of hydrogen-bond donors (Lipinski definition) is 1. The molecule has 8 heteroatoms. The maximum Gasteiger partial charge on any atom is 0.325 e. The van der Waals surface area contributed by atoms with Gasteiger partial charge in [-0.15, -0.1) is 0 Å². The normalized spacial score (nSPS) is 16.4. The van der Waals surface area contributed by atoms with Gasteiger partial charge in [0.2, 0.25) is 0 Å². The van der Waals surface area contributed by atoms with Crippen molar-refractivity contribution in [3.05, 3.63) is 23.8 Å². The Balaban J connectivity index is 1.79. The lowest BCUT2D eigenvalue weighted by Gasteiger charge is -2.30. The van der Waals surface area contributed by atoms with E-state index in [1.165, 1.54) is 26.4 Å². The maximum atomic E-state index is 12.2. The summed E-state index contributed by atoms with van der Waals surface area (Å²) in [7, 11) is 2.96. The lowest BCUT2D eigenvalue weighted by atomic mass is 10.0. The highest BCUT2D eigenvalue weighted by Crippen LogP contribution is 2.22. The number of benzene rings is 1. The number of piperidine rings is 1. The molecular weight excluding hydrogens is 352 g/mol. The summed E-state index contributed by atoms with van der Waals surface area (Å²) in [5.74, 6) is 0.0279. The van der Waals surface area contributed by atoms with Gasteiger partial charge in [-0.1, -0.05) is 6.92 Å². The molecule has 0 aliphatic carbocycles. The summed E-state index contributed by atoms with van der Waals surface area (Å²) in [6, 6.07) is 4.70. The first-order valence-corrected chi connectivity index (χ1v) is 8.87. The smallest absolute Gasteiger partial charge is 0.325 e. The van der Waals surface area contributed by atoms with Gasteiger partial charge in [-0.25, -0.2) is 0 Å². The Labute approximate surface area is 158 Å². The molecule has 8 nitrogen and oxygen atoms in total. The van der Waals surface area contributed by atoms with E-state index in [4.69, 9.17) is 14.2 Å². The van der Waals surface area contributed by atoms with Gasteiger partial charge in [0, 0.05) is 24.7 Å². The number of rotatable bonds is 7. The first-order valence-electron chi connectivity index (χ1n) is 8.87. The third kappa shape index (κ3) is 6.16. The molecule has 1 aliphatic heterocycles. The minimum absolute atomic E-state index is 0.209. The van der Waals surface area contributed by atoms with E-state index in [-0.39, 0.29) is 24.6 Å². The molecule has 1 aliphatic rings. The molecule has 0 radical (unpaired) electrons. The lowest BCUT2D eigenvalue weighted by molar-refractivity contribution is -0.151. The van der Waals surface area contributed by atoms with E-state index >= 15 is 0 Å². The van der Waals surface area contributed by atoms with E-state index in [2.05, 4.69) is 12.2 Å². The molecular formula is C19H26N2O6. The molecule has 0 bridgehead atoms. The number of amides is 2. The largest absolute Gasteiger partial charge is 0.497 e. The van der Waals surface area contributed by atoms with Crippen molar-refractivity contribution >= 4 is 17.8 Å². The van der Waals surface area contributed by atoms with Crippen molar-refractivity contribution in [2.24, 2.45) is 5.92 Å². The number of esters is 1. The second-order valence-electron chi connectivity index (χ2n) is 6.53. The molecule has 0 unspecified atom stereocenters. The quantitative estimate of drug-likeness (QED) is 0.718. The van der Waals surface area contributed by atoms with Gasteiger partial charge in [0.25, 0.3) is 11.8 Å². The van der Waals surface area contributed by atoms with Gasteiger partial charge < -0.3 is 24.4 Å². The van der Waals surface area contributed by atoms with Gasteiger partial charge in [0.1, 0.15) is 18.0 Å². The molecule has 0 saturated carbocycles. The molecule has 0 spiro atoms. The minimum Gasteiger partial charge on any atom is -0.497 e. The van der Waals surface area contributed by atoms with Gasteiger partial charge >= 0.3 is 5.97 Å². The van der Waals surface area contributed by atoms with Crippen molar-refractivity contribution in [2.45, 2.75) is 19.8 Å². The van der Waals surface area contributed by atoms with Crippen LogP contribution in [-0.2, 0) is 14.3 Å². The number of nitrogens with zero attached hydrogens (tertiary/aromatic N) is 1. The highest BCUT2D eigenvalue weighted by atomic mass is 16.5. The monoisotopic (exact) mass is 378 g/mol. The van der Waals surface area contributed by atoms with Crippen molar-refractivity contribution in [2.75, 3.05) is 40.5 Å². The Morgan fingerprint density at radius 3 is 2.41 bits per heavy atom. The van der Waals surface area contributed by atoms with Crippen molar-refractivity contribution in [1.29, 1.82) is 0 Å². The van der Waals surface area contributed by atoms with E-state index in [0.29, 0.717) is 30.5 Å². The number of likely N-dealkylation sites (tertiary alicyclic amines) is 1. The summed E-state index contributed by atoms with van der Waals surface area (Å²) < 4.78 is 15.2. The number of carbonyl (C=O) groups is 3. The fourth-order valence-corrected chi connectivity index (χ4v) is 2.89. The van der Waals surface area contributed by atoms with E-state index < -0.39 is 11.9 Å². The Morgan fingerprint density at radius 2 is 1.81 bits per heavy atom. The zero-order chi connectivity index (χ0) is 19.8. The second-order valence-corrected chi connectivity index (χ2v) is 6.53. The van der Waals surface area contributed by atoms with E-state index in [1.54, 1.807) is 11.0 Å². The summed E-state index contributed by atoms with van der Waals surface area (Å²) in [5.41, 5.74) is 0.289. The molecule has 1 N–H and O–H groups in total. The zero-order valence-corrected chi connectivity index (χ0v) is 15.9. The Bertz CT molecular complexity index is 669. The molecule has 1 fully saturated rings. The van der Waals surface area contributed by atoms with Crippen molar-refractivity contribution in [3.63, 3.8) is 0 Å². The Hall–Kier alpha value is -2.77. The van der Waals surface area contributed by atoms with Crippen molar-refractivity contribution in [1.82, 2.24) is 10.2 Å². The van der Waals surface area contributed by atoms with Crippen LogP contribution in [-0.4, -0.2) is 63.1 Å². The first kappa shape index (κ1) is 20.5. The van der Waals surface area contributed by atoms with Crippen LogP contribution in [0.4, 0.5) is 0 Å². The van der Waals surface area contributed by atoms with Crippen LogP contribution in [0.5, 0.6) is 11.5 Å². The topological polar surface area (TPSA) is 94.2 Å². The number of carbonyl (C=O) groups excluding carboxylic acids is 3. The Kier molecular flexibility index (Phi) is 7.45. The average molecular weight is 378 g/mol. The lowest BCUT2D eigenvalue weighted by Crippen LogP contribution is -2.42. The van der Waals surface area contributed by atoms with Gasteiger partial charge in [-0.2, -0.15) is 0 Å².